The second-order valence-electron chi connectivity index (χ2n) is 8.35. The molecule has 2 rings (SSSR count). The van der Waals surface area contributed by atoms with Gasteiger partial charge in [0.25, 0.3) is 0 Å². The number of thioether (sulfide) groups is 1. The standard InChI is InChI=1S/C19H29ClS/c1-18(2,3)13-10-14(19(4,5)6)12-15(11-13)21-17-9-7-8-16(17)20/h10-12,16-17H,7-9H2,1-6H3. The molecule has 1 aliphatic carbocycles. The molecule has 2 atom stereocenters. The number of hydrogen-bond acceptors (Lipinski definition) is 1. The normalized spacial score (nSPS) is 23.6. The Morgan fingerprint density at radius 3 is 1.81 bits per heavy atom. The van der Waals surface area contributed by atoms with Gasteiger partial charge in [-0.05, 0) is 46.9 Å². The van der Waals surface area contributed by atoms with Gasteiger partial charge in [0.15, 0.2) is 0 Å². The summed E-state index contributed by atoms with van der Waals surface area (Å²) in [6, 6.07) is 7.14. The average Bonchev–Trinajstić information content (AvgIpc) is 2.72. The van der Waals surface area contributed by atoms with Crippen LogP contribution in [0.25, 0.3) is 0 Å². The zero-order chi connectivity index (χ0) is 15.8. The maximum atomic E-state index is 6.47. The first-order valence-corrected chi connectivity index (χ1v) is 9.36. The molecule has 1 aromatic carbocycles. The molecule has 0 radical (unpaired) electrons. The van der Waals surface area contributed by atoms with Gasteiger partial charge >= 0.3 is 0 Å². The van der Waals surface area contributed by atoms with Crippen molar-refractivity contribution in [3.63, 3.8) is 0 Å². The van der Waals surface area contributed by atoms with Crippen molar-refractivity contribution in [1.82, 2.24) is 0 Å². The second-order valence-corrected chi connectivity index (χ2v) is 10.2. The molecule has 0 aromatic heterocycles. The largest absolute Gasteiger partial charge is 0.122 e. The molecule has 2 heteroatoms. The molecule has 21 heavy (non-hydrogen) atoms. The van der Waals surface area contributed by atoms with E-state index in [4.69, 9.17) is 11.6 Å². The highest BCUT2D eigenvalue weighted by Crippen LogP contribution is 2.40. The number of hydrogen-bond donors (Lipinski definition) is 0. The number of halogens is 1. The molecule has 0 amide bonds. The Balaban J connectivity index is 2.36. The summed E-state index contributed by atoms with van der Waals surface area (Å²) in [5, 5.41) is 0.918. The molecule has 1 aliphatic rings. The molecule has 0 spiro atoms. The summed E-state index contributed by atoms with van der Waals surface area (Å²) in [7, 11) is 0. The molecule has 0 saturated heterocycles. The molecular formula is C19H29ClS. The van der Waals surface area contributed by atoms with E-state index in [9.17, 15) is 0 Å². The highest BCUT2D eigenvalue weighted by molar-refractivity contribution is 8.00. The third-order valence-corrected chi connectivity index (χ3v) is 6.34. The van der Waals surface area contributed by atoms with E-state index in [1.54, 1.807) is 0 Å². The van der Waals surface area contributed by atoms with Gasteiger partial charge in [0.2, 0.25) is 0 Å². The van der Waals surface area contributed by atoms with Crippen molar-refractivity contribution in [1.29, 1.82) is 0 Å². The maximum Gasteiger partial charge on any atom is 0.0458 e. The predicted octanol–water partition coefficient (Wildman–Crippen LogP) is 6.53. The lowest BCUT2D eigenvalue weighted by atomic mass is 9.81. The van der Waals surface area contributed by atoms with Crippen molar-refractivity contribution in [2.24, 2.45) is 0 Å². The van der Waals surface area contributed by atoms with E-state index in [0.717, 1.165) is 0 Å². The van der Waals surface area contributed by atoms with Crippen molar-refractivity contribution in [2.45, 2.75) is 87.2 Å². The number of benzene rings is 1. The second kappa shape index (κ2) is 6.16. The zero-order valence-corrected chi connectivity index (χ0v) is 15.9. The van der Waals surface area contributed by atoms with Gasteiger partial charge in [-0.3, -0.25) is 0 Å². The van der Waals surface area contributed by atoms with Crippen LogP contribution in [0.15, 0.2) is 23.1 Å². The minimum absolute atomic E-state index is 0.187. The molecule has 1 fully saturated rings. The first kappa shape index (κ1) is 17.2. The van der Waals surface area contributed by atoms with Gasteiger partial charge in [-0.25, -0.2) is 0 Å². The molecule has 0 aliphatic heterocycles. The first-order chi connectivity index (χ1) is 9.57. The van der Waals surface area contributed by atoms with Crippen molar-refractivity contribution in [3.05, 3.63) is 29.3 Å². The Morgan fingerprint density at radius 2 is 1.43 bits per heavy atom. The Labute approximate surface area is 140 Å². The lowest BCUT2D eigenvalue weighted by Crippen LogP contribution is -2.17. The number of alkyl halides is 1. The summed E-state index contributed by atoms with van der Waals surface area (Å²) in [6.07, 6.45) is 3.70. The van der Waals surface area contributed by atoms with E-state index in [1.165, 1.54) is 35.3 Å². The monoisotopic (exact) mass is 324 g/mol. The van der Waals surface area contributed by atoms with Gasteiger partial charge in [-0.2, -0.15) is 0 Å². The van der Waals surface area contributed by atoms with Crippen LogP contribution in [0.5, 0.6) is 0 Å². The molecule has 0 heterocycles. The smallest absolute Gasteiger partial charge is 0.0458 e. The van der Waals surface area contributed by atoms with E-state index < -0.39 is 0 Å². The summed E-state index contributed by atoms with van der Waals surface area (Å²) in [5.74, 6) is 0. The van der Waals surface area contributed by atoms with Gasteiger partial charge in [0.05, 0.1) is 0 Å². The highest BCUT2D eigenvalue weighted by Gasteiger charge is 2.27. The molecular weight excluding hydrogens is 296 g/mol. The highest BCUT2D eigenvalue weighted by atomic mass is 35.5. The van der Waals surface area contributed by atoms with Crippen LogP contribution in [-0.2, 0) is 10.8 Å². The topological polar surface area (TPSA) is 0 Å². The van der Waals surface area contributed by atoms with Crippen LogP contribution in [0, 0.1) is 0 Å². The Morgan fingerprint density at radius 1 is 0.905 bits per heavy atom. The first-order valence-electron chi connectivity index (χ1n) is 8.04. The van der Waals surface area contributed by atoms with Gasteiger partial charge in [-0.1, -0.05) is 54.0 Å². The Bertz CT molecular complexity index is 461. The van der Waals surface area contributed by atoms with Gasteiger partial charge in [-0.15, -0.1) is 23.4 Å². The minimum atomic E-state index is 0.187. The van der Waals surface area contributed by atoms with E-state index in [1.807, 2.05) is 11.8 Å². The molecule has 0 nitrogen and oxygen atoms in total. The van der Waals surface area contributed by atoms with Gasteiger partial charge in [0, 0.05) is 15.5 Å². The third kappa shape index (κ3) is 4.42. The molecule has 0 bridgehead atoms. The van der Waals surface area contributed by atoms with Crippen LogP contribution >= 0.6 is 23.4 Å². The van der Waals surface area contributed by atoms with Gasteiger partial charge < -0.3 is 0 Å². The van der Waals surface area contributed by atoms with Crippen molar-refractivity contribution in [2.75, 3.05) is 0 Å². The predicted molar refractivity (Wildman–Crippen MR) is 97.0 cm³/mol. The van der Waals surface area contributed by atoms with E-state index >= 15 is 0 Å². The SMILES string of the molecule is CC(C)(C)c1cc(SC2CCCC2Cl)cc(C(C)(C)C)c1. The Hall–Kier alpha value is -0.140. The van der Waals surface area contributed by atoms with Crippen LogP contribution < -0.4 is 0 Å². The fourth-order valence-electron chi connectivity index (χ4n) is 2.72. The van der Waals surface area contributed by atoms with E-state index in [2.05, 4.69) is 59.7 Å². The van der Waals surface area contributed by atoms with Crippen LogP contribution in [0.2, 0.25) is 0 Å². The molecule has 0 N–H and O–H groups in total. The summed E-state index contributed by atoms with van der Waals surface area (Å²) >= 11 is 8.45. The summed E-state index contributed by atoms with van der Waals surface area (Å²) in [6.45, 7) is 13.8. The van der Waals surface area contributed by atoms with Crippen molar-refractivity contribution in [3.8, 4) is 0 Å². The van der Waals surface area contributed by atoms with Crippen molar-refractivity contribution < 1.29 is 0 Å². The number of rotatable bonds is 2. The fraction of sp³-hybridized carbons (Fsp3) is 0.684. The average molecular weight is 325 g/mol. The zero-order valence-electron chi connectivity index (χ0n) is 14.3. The lowest BCUT2D eigenvalue weighted by Gasteiger charge is -2.26. The molecule has 118 valence electrons. The van der Waals surface area contributed by atoms with Crippen LogP contribution in [-0.4, -0.2) is 10.6 Å². The summed E-state index contributed by atoms with van der Waals surface area (Å²) in [5.41, 5.74) is 3.24. The third-order valence-electron chi connectivity index (χ3n) is 4.30. The minimum Gasteiger partial charge on any atom is -0.122 e. The van der Waals surface area contributed by atoms with Crippen LogP contribution in [0.1, 0.15) is 71.9 Å². The van der Waals surface area contributed by atoms with E-state index in [0.29, 0.717) is 10.6 Å². The lowest BCUT2D eigenvalue weighted by molar-refractivity contribution is 0.565. The Kier molecular flexibility index (Phi) is 5.05. The quantitative estimate of drug-likeness (QED) is 0.557. The van der Waals surface area contributed by atoms with Crippen LogP contribution in [0.3, 0.4) is 0 Å². The van der Waals surface area contributed by atoms with E-state index in [-0.39, 0.29) is 10.8 Å². The maximum absolute atomic E-state index is 6.47. The van der Waals surface area contributed by atoms with Gasteiger partial charge in [0.1, 0.15) is 0 Å². The molecule has 1 aromatic rings. The summed E-state index contributed by atoms with van der Waals surface area (Å²) < 4.78 is 0. The summed E-state index contributed by atoms with van der Waals surface area (Å²) in [4.78, 5) is 1.39. The van der Waals surface area contributed by atoms with Crippen molar-refractivity contribution >= 4 is 23.4 Å². The molecule has 1 saturated carbocycles. The fourth-order valence-corrected chi connectivity index (χ4v) is 4.46. The molecule has 2 unspecified atom stereocenters. The van der Waals surface area contributed by atoms with Crippen LogP contribution in [0.4, 0.5) is 0 Å².